The van der Waals surface area contributed by atoms with Gasteiger partial charge in [0.25, 0.3) is 0 Å². The van der Waals surface area contributed by atoms with Gasteiger partial charge in [-0.15, -0.1) is 0 Å². The van der Waals surface area contributed by atoms with E-state index >= 15 is 0 Å². The monoisotopic (exact) mass is 241 g/mol. The topological polar surface area (TPSA) is 30.0 Å². The molecule has 94 valence electrons. The summed E-state index contributed by atoms with van der Waals surface area (Å²) in [5.41, 5.74) is 0.622. The van der Waals surface area contributed by atoms with Crippen molar-refractivity contribution >= 4 is 16.6 Å². The number of benzene rings is 1. The van der Waals surface area contributed by atoms with E-state index in [9.17, 15) is 4.79 Å². The number of Topliss-reactive ketones (excluding diaryl/α,β-unsaturated/α-hetero) is 1. The number of nitrogens with zero attached hydrogens (tertiary/aromatic N) is 1. The Bertz CT molecular complexity index is 540. The fraction of sp³-hybridized carbons (Fsp3) is 0.375. The number of fused-ring (bicyclic) bond motifs is 1. The van der Waals surface area contributed by atoms with Gasteiger partial charge in [-0.2, -0.15) is 0 Å². The zero-order valence-electron chi connectivity index (χ0n) is 11.0. The number of hydrogen-bond donors (Lipinski definition) is 0. The summed E-state index contributed by atoms with van der Waals surface area (Å²) in [4.78, 5) is 16.4. The van der Waals surface area contributed by atoms with Crippen LogP contribution in [0.15, 0.2) is 36.5 Å². The van der Waals surface area contributed by atoms with Crippen molar-refractivity contribution in [2.75, 3.05) is 0 Å². The summed E-state index contributed by atoms with van der Waals surface area (Å²) in [7, 11) is 0. The van der Waals surface area contributed by atoms with Crippen LogP contribution >= 0.6 is 0 Å². The van der Waals surface area contributed by atoms with Crippen LogP contribution in [0.3, 0.4) is 0 Å². The number of ketones is 1. The molecule has 2 nitrogen and oxygen atoms in total. The lowest BCUT2D eigenvalue weighted by atomic mass is 10.0. The molecule has 1 heterocycles. The van der Waals surface area contributed by atoms with E-state index in [0.717, 1.165) is 23.6 Å². The van der Waals surface area contributed by atoms with Crippen molar-refractivity contribution in [3.8, 4) is 0 Å². The van der Waals surface area contributed by atoms with Gasteiger partial charge in [-0.1, -0.05) is 44.5 Å². The second-order valence-electron chi connectivity index (χ2n) is 5.09. The lowest BCUT2D eigenvalue weighted by molar-refractivity contribution is 0.0975. The molecule has 0 aliphatic rings. The summed E-state index contributed by atoms with van der Waals surface area (Å²) in [6.45, 7) is 4.36. The molecule has 0 spiro atoms. The first kappa shape index (κ1) is 12.7. The van der Waals surface area contributed by atoms with Crippen LogP contribution in [0.25, 0.3) is 10.8 Å². The van der Waals surface area contributed by atoms with Crippen molar-refractivity contribution in [1.29, 1.82) is 0 Å². The van der Waals surface area contributed by atoms with Crippen molar-refractivity contribution < 1.29 is 4.79 Å². The largest absolute Gasteiger partial charge is 0.292 e. The van der Waals surface area contributed by atoms with Crippen LogP contribution < -0.4 is 0 Å². The maximum atomic E-state index is 12.2. The van der Waals surface area contributed by atoms with E-state index in [2.05, 4.69) is 18.8 Å². The third kappa shape index (κ3) is 2.95. The molecule has 2 aromatic rings. The molecule has 0 N–H and O–H groups in total. The second kappa shape index (κ2) is 5.76. The van der Waals surface area contributed by atoms with Crippen LogP contribution in [0.4, 0.5) is 0 Å². The first-order valence-corrected chi connectivity index (χ1v) is 6.55. The molecule has 0 fully saturated rings. The van der Waals surface area contributed by atoms with E-state index in [1.165, 1.54) is 0 Å². The molecule has 0 aliphatic carbocycles. The minimum absolute atomic E-state index is 0.160. The molecule has 2 rings (SSSR count). The molecular weight excluding hydrogens is 222 g/mol. The predicted octanol–water partition coefficient (Wildman–Crippen LogP) is 4.24. The molecule has 0 saturated carbocycles. The summed E-state index contributed by atoms with van der Waals surface area (Å²) in [5, 5.41) is 2.05. The van der Waals surface area contributed by atoms with Crippen LogP contribution in [-0.4, -0.2) is 10.8 Å². The molecule has 0 atom stereocenters. The zero-order chi connectivity index (χ0) is 13.0. The van der Waals surface area contributed by atoms with Gasteiger partial charge in [-0.25, -0.2) is 0 Å². The van der Waals surface area contributed by atoms with Crippen LogP contribution in [-0.2, 0) is 0 Å². The van der Waals surface area contributed by atoms with Gasteiger partial charge in [-0.05, 0) is 23.8 Å². The quantitative estimate of drug-likeness (QED) is 0.733. The molecule has 0 unspecified atom stereocenters. The van der Waals surface area contributed by atoms with Gasteiger partial charge in [0.15, 0.2) is 5.78 Å². The Morgan fingerprint density at radius 3 is 2.78 bits per heavy atom. The van der Waals surface area contributed by atoms with Crippen LogP contribution in [0, 0.1) is 5.92 Å². The van der Waals surface area contributed by atoms with Crippen LogP contribution in [0.2, 0.25) is 0 Å². The molecule has 0 radical (unpaired) electrons. The van der Waals surface area contributed by atoms with Gasteiger partial charge < -0.3 is 0 Å². The summed E-state index contributed by atoms with van der Waals surface area (Å²) in [6, 6.07) is 9.87. The Labute approximate surface area is 108 Å². The second-order valence-corrected chi connectivity index (χ2v) is 5.09. The number of aromatic nitrogens is 1. The highest BCUT2D eigenvalue weighted by Crippen LogP contribution is 2.18. The van der Waals surface area contributed by atoms with E-state index in [1.54, 1.807) is 6.20 Å². The number of pyridine rings is 1. The number of carbonyl (C=O) groups is 1. The highest BCUT2D eigenvalue weighted by atomic mass is 16.1. The number of rotatable bonds is 5. The van der Waals surface area contributed by atoms with E-state index in [1.807, 2.05) is 30.3 Å². The van der Waals surface area contributed by atoms with Crippen molar-refractivity contribution in [1.82, 2.24) is 4.98 Å². The van der Waals surface area contributed by atoms with E-state index in [-0.39, 0.29) is 5.78 Å². The Balaban J connectivity index is 2.17. The Morgan fingerprint density at radius 1 is 1.22 bits per heavy atom. The van der Waals surface area contributed by atoms with Gasteiger partial charge in [0.05, 0.1) is 0 Å². The average molecular weight is 241 g/mol. The summed E-state index contributed by atoms with van der Waals surface area (Å²) >= 11 is 0. The fourth-order valence-electron chi connectivity index (χ4n) is 2.13. The first-order chi connectivity index (χ1) is 8.68. The standard InChI is InChI=1S/C16H19NO/c1-12(2)6-5-9-15(18)16-14-8-4-3-7-13(14)10-11-17-16/h3-4,7-8,10-12H,5-6,9H2,1-2H3. The van der Waals surface area contributed by atoms with Crippen molar-refractivity contribution in [3.63, 3.8) is 0 Å². The molecule has 0 saturated heterocycles. The highest BCUT2D eigenvalue weighted by molar-refractivity contribution is 6.06. The van der Waals surface area contributed by atoms with Gasteiger partial charge in [0, 0.05) is 18.0 Å². The minimum atomic E-state index is 0.160. The lowest BCUT2D eigenvalue weighted by Crippen LogP contribution is -2.03. The van der Waals surface area contributed by atoms with Gasteiger partial charge in [0.2, 0.25) is 0 Å². The number of hydrogen-bond acceptors (Lipinski definition) is 2. The fourth-order valence-corrected chi connectivity index (χ4v) is 2.13. The third-order valence-electron chi connectivity index (χ3n) is 3.12. The summed E-state index contributed by atoms with van der Waals surface area (Å²) < 4.78 is 0. The Kier molecular flexibility index (Phi) is 4.08. The molecular formula is C16H19NO. The van der Waals surface area contributed by atoms with Crippen molar-refractivity contribution in [2.24, 2.45) is 5.92 Å². The van der Waals surface area contributed by atoms with Gasteiger partial charge >= 0.3 is 0 Å². The van der Waals surface area contributed by atoms with E-state index < -0.39 is 0 Å². The van der Waals surface area contributed by atoms with E-state index in [4.69, 9.17) is 0 Å². The molecule has 1 aromatic heterocycles. The third-order valence-corrected chi connectivity index (χ3v) is 3.12. The highest BCUT2D eigenvalue weighted by Gasteiger charge is 2.11. The Morgan fingerprint density at radius 2 is 2.00 bits per heavy atom. The molecule has 2 heteroatoms. The van der Waals surface area contributed by atoms with Crippen molar-refractivity contribution in [2.45, 2.75) is 33.1 Å². The average Bonchev–Trinajstić information content (AvgIpc) is 2.37. The molecule has 0 bridgehead atoms. The lowest BCUT2D eigenvalue weighted by Gasteiger charge is -2.06. The van der Waals surface area contributed by atoms with Crippen LogP contribution in [0.1, 0.15) is 43.6 Å². The van der Waals surface area contributed by atoms with Gasteiger partial charge in [0.1, 0.15) is 5.69 Å². The molecule has 0 aliphatic heterocycles. The van der Waals surface area contributed by atoms with Crippen LogP contribution in [0.5, 0.6) is 0 Å². The zero-order valence-corrected chi connectivity index (χ0v) is 11.0. The smallest absolute Gasteiger partial charge is 0.181 e. The Hall–Kier alpha value is -1.70. The maximum Gasteiger partial charge on any atom is 0.181 e. The minimum Gasteiger partial charge on any atom is -0.292 e. The maximum absolute atomic E-state index is 12.2. The van der Waals surface area contributed by atoms with Gasteiger partial charge in [-0.3, -0.25) is 9.78 Å². The normalized spacial score (nSPS) is 11.1. The molecule has 1 aromatic carbocycles. The molecule has 18 heavy (non-hydrogen) atoms. The molecule has 0 amide bonds. The van der Waals surface area contributed by atoms with E-state index in [0.29, 0.717) is 18.0 Å². The summed E-state index contributed by atoms with van der Waals surface area (Å²) in [5.74, 6) is 0.811. The SMILES string of the molecule is CC(C)CCCC(=O)c1nccc2ccccc12. The first-order valence-electron chi connectivity index (χ1n) is 6.55. The van der Waals surface area contributed by atoms with Crippen molar-refractivity contribution in [3.05, 3.63) is 42.2 Å². The predicted molar refractivity (Wildman–Crippen MR) is 74.8 cm³/mol. The number of carbonyl (C=O) groups excluding carboxylic acids is 1. The summed E-state index contributed by atoms with van der Waals surface area (Å²) in [6.07, 6.45) is 4.36.